The van der Waals surface area contributed by atoms with Crippen LogP contribution in [0.5, 0.6) is 0 Å². The summed E-state index contributed by atoms with van der Waals surface area (Å²) in [6.45, 7) is 10.1. The van der Waals surface area contributed by atoms with E-state index in [1.54, 1.807) is 45.3 Å². The number of hydrogen-bond donors (Lipinski definition) is 0. The zero-order chi connectivity index (χ0) is 41.2. The number of ether oxygens (including phenoxy) is 2. The highest BCUT2D eigenvalue weighted by Gasteiger charge is 2.22. The fourth-order valence-electron chi connectivity index (χ4n) is 7.82. The van der Waals surface area contributed by atoms with Crippen molar-refractivity contribution in [3.05, 3.63) is 58.3 Å². The third-order valence-corrected chi connectivity index (χ3v) is 16.0. The van der Waals surface area contributed by atoms with Crippen LogP contribution in [0, 0.1) is 11.8 Å². The Morgan fingerprint density at radius 3 is 1.10 bits per heavy atom. The Kier molecular flexibility index (Phi) is 24.3. The summed E-state index contributed by atoms with van der Waals surface area (Å²) < 4.78 is 12.1. The van der Waals surface area contributed by atoms with Gasteiger partial charge in [-0.05, 0) is 84.7 Å². The SMILES string of the molecule is CCCCCCCCC(CCCCCC)COC(=O)c1ccsc1-c1ccc(-c2ccc(-c3sccc3C(=O)OCC(CCCCCC)CCCCCCCC)s2)s1. The molecule has 0 fully saturated rings. The van der Waals surface area contributed by atoms with E-state index in [0.717, 1.165) is 54.9 Å². The van der Waals surface area contributed by atoms with E-state index in [0.29, 0.717) is 36.2 Å². The van der Waals surface area contributed by atoms with E-state index in [9.17, 15) is 9.59 Å². The molecular formula is C50H74O4S4. The molecule has 4 aromatic heterocycles. The minimum atomic E-state index is -0.201. The average molecular weight is 867 g/mol. The molecule has 0 aliphatic heterocycles. The highest BCUT2D eigenvalue weighted by Crippen LogP contribution is 2.44. The molecule has 322 valence electrons. The van der Waals surface area contributed by atoms with Gasteiger partial charge in [-0.15, -0.1) is 45.3 Å². The Morgan fingerprint density at radius 1 is 0.431 bits per heavy atom. The second-order valence-corrected chi connectivity index (χ2v) is 20.4. The van der Waals surface area contributed by atoms with Gasteiger partial charge in [-0.1, -0.05) is 156 Å². The Hall–Kier alpha value is -2.26. The van der Waals surface area contributed by atoms with Crippen molar-refractivity contribution >= 4 is 57.3 Å². The zero-order valence-electron chi connectivity index (χ0n) is 36.4. The maximum Gasteiger partial charge on any atom is 0.339 e. The predicted molar refractivity (Wildman–Crippen MR) is 255 cm³/mol. The monoisotopic (exact) mass is 866 g/mol. The molecule has 4 aromatic rings. The van der Waals surface area contributed by atoms with Crippen molar-refractivity contribution < 1.29 is 19.1 Å². The van der Waals surface area contributed by atoms with Crippen LogP contribution in [0.25, 0.3) is 29.3 Å². The van der Waals surface area contributed by atoms with Gasteiger partial charge in [-0.2, -0.15) is 0 Å². The Labute approximate surface area is 368 Å². The summed E-state index contributed by atoms with van der Waals surface area (Å²) in [6, 6.07) is 12.4. The van der Waals surface area contributed by atoms with E-state index in [-0.39, 0.29) is 11.9 Å². The van der Waals surface area contributed by atoms with Crippen LogP contribution in [0.3, 0.4) is 0 Å². The van der Waals surface area contributed by atoms with Gasteiger partial charge in [0.2, 0.25) is 0 Å². The topological polar surface area (TPSA) is 52.6 Å². The highest BCUT2D eigenvalue weighted by atomic mass is 32.1. The van der Waals surface area contributed by atoms with Crippen molar-refractivity contribution in [1.29, 1.82) is 0 Å². The van der Waals surface area contributed by atoms with Crippen LogP contribution in [0.2, 0.25) is 0 Å². The lowest BCUT2D eigenvalue weighted by molar-refractivity contribution is 0.0415. The summed E-state index contributed by atoms with van der Waals surface area (Å²) in [7, 11) is 0. The average Bonchev–Trinajstić information content (AvgIpc) is 4.08. The first-order valence-electron chi connectivity index (χ1n) is 23.2. The molecule has 0 aromatic carbocycles. The van der Waals surface area contributed by atoms with Gasteiger partial charge >= 0.3 is 11.9 Å². The number of hydrogen-bond acceptors (Lipinski definition) is 8. The van der Waals surface area contributed by atoms with E-state index < -0.39 is 0 Å². The predicted octanol–water partition coefficient (Wildman–Crippen LogP) is 17.9. The van der Waals surface area contributed by atoms with Gasteiger partial charge in [0.1, 0.15) is 0 Å². The van der Waals surface area contributed by atoms with Crippen LogP contribution in [0.15, 0.2) is 47.2 Å². The molecule has 0 spiro atoms. The lowest BCUT2D eigenvalue weighted by Gasteiger charge is -2.17. The van der Waals surface area contributed by atoms with Gasteiger partial charge in [0, 0.05) is 19.5 Å². The summed E-state index contributed by atoms with van der Waals surface area (Å²) in [5, 5.41) is 4.02. The first-order chi connectivity index (χ1) is 28.5. The lowest BCUT2D eigenvalue weighted by atomic mass is 9.95. The molecule has 8 heteroatoms. The first-order valence-corrected chi connectivity index (χ1v) is 26.6. The van der Waals surface area contributed by atoms with Gasteiger partial charge in [-0.3, -0.25) is 0 Å². The molecule has 0 aliphatic carbocycles. The zero-order valence-corrected chi connectivity index (χ0v) is 39.7. The Morgan fingerprint density at radius 2 is 0.741 bits per heavy atom. The number of rotatable bonds is 33. The number of carbonyl (C=O) groups is 2. The maximum atomic E-state index is 13.5. The standard InChI is InChI=1S/C50H74O4S4/c1-5-9-13-17-19-23-27-39(25-21-15-11-7-3)37-53-49(51)41-33-35-55-47(41)45-31-29-43(57-45)44-30-32-46(58-44)48-42(34-36-56-48)50(52)54-38-40(26-22-16-12-8-4)28-24-20-18-14-10-6-2/h29-36,39-40H,5-28,37-38H2,1-4H3. The molecule has 4 rings (SSSR count). The summed E-state index contributed by atoms with van der Waals surface area (Å²) in [6.07, 6.45) is 30.1. The molecule has 0 radical (unpaired) electrons. The molecule has 0 bridgehead atoms. The molecule has 0 N–H and O–H groups in total. The normalized spacial score (nSPS) is 12.6. The molecule has 0 saturated carbocycles. The van der Waals surface area contributed by atoms with E-state index in [1.165, 1.54) is 128 Å². The molecule has 0 saturated heterocycles. The summed E-state index contributed by atoms with van der Waals surface area (Å²) in [5.74, 6) is 0.475. The molecule has 2 atom stereocenters. The molecular weight excluding hydrogens is 793 g/mol. The van der Waals surface area contributed by atoms with Crippen molar-refractivity contribution in [2.45, 2.75) is 182 Å². The minimum Gasteiger partial charge on any atom is -0.462 e. The van der Waals surface area contributed by atoms with E-state index >= 15 is 0 Å². The third-order valence-electron chi connectivity index (χ3n) is 11.4. The second kappa shape index (κ2) is 29.1. The molecule has 2 unspecified atom stereocenters. The van der Waals surface area contributed by atoms with Gasteiger partial charge in [0.15, 0.2) is 0 Å². The lowest BCUT2D eigenvalue weighted by Crippen LogP contribution is -2.15. The summed E-state index contributed by atoms with van der Waals surface area (Å²) >= 11 is 6.64. The fourth-order valence-corrected chi connectivity index (χ4v) is 12.0. The van der Waals surface area contributed by atoms with Crippen molar-refractivity contribution in [3.63, 3.8) is 0 Å². The smallest absolute Gasteiger partial charge is 0.339 e. The molecule has 4 nitrogen and oxygen atoms in total. The van der Waals surface area contributed by atoms with Gasteiger partial charge < -0.3 is 9.47 Å². The minimum absolute atomic E-state index is 0.201. The van der Waals surface area contributed by atoms with Crippen LogP contribution in [-0.4, -0.2) is 25.2 Å². The number of unbranched alkanes of at least 4 members (excludes halogenated alkanes) is 16. The molecule has 0 amide bonds. The number of esters is 2. The fraction of sp³-hybridized carbons (Fsp3) is 0.640. The number of carbonyl (C=O) groups excluding carboxylic acids is 2. The van der Waals surface area contributed by atoms with Crippen molar-refractivity contribution in [3.8, 4) is 29.3 Å². The molecule has 0 aliphatic rings. The summed E-state index contributed by atoms with van der Waals surface area (Å²) in [4.78, 5) is 33.5. The van der Waals surface area contributed by atoms with Gasteiger partial charge in [0.25, 0.3) is 0 Å². The van der Waals surface area contributed by atoms with Gasteiger partial charge in [0.05, 0.1) is 34.1 Å². The highest BCUT2D eigenvalue weighted by molar-refractivity contribution is 7.28. The Bertz CT molecular complexity index is 1550. The molecule has 58 heavy (non-hydrogen) atoms. The third kappa shape index (κ3) is 17.0. The van der Waals surface area contributed by atoms with E-state index in [4.69, 9.17) is 9.47 Å². The number of thiophene rings is 4. The van der Waals surface area contributed by atoms with Crippen LogP contribution in [-0.2, 0) is 9.47 Å². The van der Waals surface area contributed by atoms with E-state index in [1.807, 2.05) is 22.9 Å². The first kappa shape index (κ1) is 48.4. The van der Waals surface area contributed by atoms with Crippen molar-refractivity contribution in [1.82, 2.24) is 0 Å². The van der Waals surface area contributed by atoms with Crippen molar-refractivity contribution in [2.24, 2.45) is 11.8 Å². The maximum absolute atomic E-state index is 13.5. The summed E-state index contributed by atoms with van der Waals surface area (Å²) in [5.41, 5.74) is 1.35. The molecule has 4 heterocycles. The van der Waals surface area contributed by atoms with Crippen molar-refractivity contribution in [2.75, 3.05) is 13.2 Å². The quantitative estimate of drug-likeness (QED) is 0.0354. The van der Waals surface area contributed by atoms with Crippen LogP contribution in [0.1, 0.15) is 203 Å². The van der Waals surface area contributed by atoms with Gasteiger partial charge in [-0.25, -0.2) is 9.59 Å². The Balaban J connectivity index is 1.34. The van der Waals surface area contributed by atoms with Crippen LogP contribution < -0.4 is 0 Å². The van der Waals surface area contributed by atoms with E-state index in [2.05, 4.69) is 52.0 Å². The van der Waals surface area contributed by atoms with Crippen LogP contribution >= 0.6 is 45.3 Å². The largest absolute Gasteiger partial charge is 0.462 e. The van der Waals surface area contributed by atoms with Crippen LogP contribution in [0.4, 0.5) is 0 Å². The second-order valence-electron chi connectivity index (χ2n) is 16.4.